The summed E-state index contributed by atoms with van der Waals surface area (Å²) in [4.78, 5) is 0. The van der Waals surface area contributed by atoms with Gasteiger partial charge in [-0.15, -0.1) is 0 Å². The normalized spacial score (nSPS) is 11.6. The fraction of sp³-hybridized carbons (Fsp3) is 0.212. The molecule has 2 N–H and O–H groups in total. The van der Waals surface area contributed by atoms with Crippen LogP contribution in [0.25, 0.3) is 11.1 Å². The Morgan fingerprint density at radius 2 is 1.03 bits per heavy atom. The molecule has 0 spiro atoms. The molecule has 4 heteroatoms. The number of unbranched alkanes of at least 4 members (excludes halogenated alkanes) is 3. The van der Waals surface area contributed by atoms with Crippen molar-refractivity contribution >= 4 is 18.5 Å². The second kappa shape index (κ2) is 14.3. The van der Waals surface area contributed by atoms with Crippen LogP contribution in [-0.4, -0.2) is 24.0 Å². The lowest BCUT2D eigenvalue weighted by atomic mass is 9.77. The van der Waals surface area contributed by atoms with Crippen LogP contribution in [-0.2, 0) is 4.65 Å². The van der Waals surface area contributed by atoms with Gasteiger partial charge in [0, 0.05) is 12.5 Å². The molecule has 0 amide bonds. The Labute approximate surface area is 221 Å². The Bertz CT molecular complexity index is 1170. The summed E-state index contributed by atoms with van der Waals surface area (Å²) < 4.78 is 4.87. The van der Waals surface area contributed by atoms with Gasteiger partial charge in [0.1, 0.15) is 0 Å². The Morgan fingerprint density at radius 1 is 0.568 bits per heavy atom. The molecule has 0 aromatic heterocycles. The number of benzene rings is 4. The molecule has 0 saturated heterocycles. The quantitative estimate of drug-likeness (QED) is 0.117. The summed E-state index contributed by atoms with van der Waals surface area (Å²) in [6.07, 6.45) is 4.94. The standard InChI is InChI=1S/C33H35BO3/c35-34(36)37-26-16-2-1-15-25-31(27-17-7-3-8-18-27)33(30-23-13-6-14-24-30)32(28-19-9-4-10-20-28)29-21-11-5-12-22-29/h3-14,17-24,31,35-36H,1-2,15-16,25-26H2. The molecule has 37 heavy (non-hydrogen) atoms. The average Bonchev–Trinajstić information content (AvgIpc) is 2.95. The van der Waals surface area contributed by atoms with Gasteiger partial charge < -0.3 is 14.7 Å². The van der Waals surface area contributed by atoms with Crippen molar-refractivity contribution in [1.29, 1.82) is 0 Å². The van der Waals surface area contributed by atoms with Crippen LogP contribution in [0.1, 0.15) is 60.3 Å². The van der Waals surface area contributed by atoms with Crippen molar-refractivity contribution in [2.24, 2.45) is 0 Å². The molecule has 0 aliphatic carbocycles. The lowest BCUT2D eigenvalue weighted by Gasteiger charge is -2.26. The molecule has 0 saturated carbocycles. The van der Waals surface area contributed by atoms with E-state index in [2.05, 4.69) is 121 Å². The van der Waals surface area contributed by atoms with Gasteiger partial charge in [-0.2, -0.15) is 0 Å². The second-order valence-electron chi connectivity index (χ2n) is 9.25. The molecule has 0 fully saturated rings. The fourth-order valence-electron chi connectivity index (χ4n) is 4.98. The molecule has 4 rings (SSSR count). The molecule has 0 heterocycles. The van der Waals surface area contributed by atoms with E-state index < -0.39 is 7.32 Å². The van der Waals surface area contributed by atoms with Gasteiger partial charge in [-0.25, -0.2) is 0 Å². The van der Waals surface area contributed by atoms with Crippen LogP contribution in [0.3, 0.4) is 0 Å². The summed E-state index contributed by atoms with van der Waals surface area (Å²) in [6.45, 7) is 0.362. The third-order valence-corrected chi connectivity index (χ3v) is 6.68. The first-order chi connectivity index (χ1) is 18.2. The molecule has 1 unspecified atom stereocenters. The summed E-state index contributed by atoms with van der Waals surface area (Å²) >= 11 is 0. The van der Waals surface area contributed by atoms with Gasteiger partial charge in [0.2, 0.25) is 0 Å². The number of hydrogen-bond acceptors (Lipinski definition) is 3. The third-order valence-electron chi connectivity index (χ3n) is 6.68. The summed E-state index contributed by atoms with van der Waals surface area (Å²) in [6, 6.07) is 43.1. The van der Waals surface area contributed by atoms with E-state index >= 15 is 0 Å². The lowest BCUT2D eigenvalue weighted by molar-refractivity contribution is 0.182. The maximum Gasteiger partial charge on any atom is 0.633 e. The van der Waals surface area contributed by atoms with Crippen molar-refractivity contribution in [2.45, 2.75) is 38.0 Å². The molecule has 0 aliphatic heterocycles. The summed E-state index contributed by atoms with van der Waals surface area (Å²) in [5, 5.41) is 17.8. The minimum absolute atomic E-state index is 0.217. The van der Waals surface area contributed by atoms with Crippen molar-refractivity contribution in [3.8, 4) is 0 Å². The van der Waals surface area contributed by atoms with Crippen molar-refractivity contribution < 1.29 is 14.7 Å². The number of allylic oxidation sites excluding steroid dienone is 1. The summed E-state index contributed by atoms with van der Waals surface area (Å²) in [5.74, 6) is 0.217. The molecule has 4 aromatic rings. The van der Waals surface area contributed by atoms with E-state index in [1.54, 1.807) is 0 Å². The number of hydrogen-bond donors (Lipinski definition) is 2. The predicted molar refractivity (Wildman–Crippen MR) is 154 cm³/mol. The van der Waals surface area contributed by atoms with E-state index in [0.29, 0.717) is 6.61 Å². The molecular weight excluding hydrogens is 455 g/mol. The van der Waals surface area contributed by atoms with Crippen molar-refractivity contribution in [3.63, 3.8) is 0 Å². The molecule has 0 aliphatic rings. The highest BCUT2D eigenvalue weighted by Gasteiger charge is 2.23. The van der Waals surface area contributed by atoms with Gasteiger partial charge in [-0.1, -0.05) is 141 Å². The average molecular weight is 490 g/mol. The topological polar surface area (TPSA) is 49.7 Å². The third kappa shape index (κ3) is 7.77. The SMILES string of the molecule is OB(O)OCCCCCCC(C(=C(c1ccccc1)c1ccccc1)c1ccccc1)c1ccccc1. The zero-order chi connectivity index (χ0) is 25.7. The highest BCUT2D eigenvalue weighted by molar-refractivity contribution is 6.32. The smallest absolute Gasteiger partial charge is 0.402 e. The highest BCUT2D eigenvalue weighted by atomic mass is 16.6. The molecule has 3 nitrogen and oxygen atoms in total. The van der Waals surface area contributed by atoms with Crippen LogP contribution in [0, 0.1) is 0 Å². The Hall–Kier alpha value is -3.44. The van der Waals surface area contributed by atoms with E-state index in [1.807, 2.05) is 0 Å². The van der Waals surface area contributed by atoms with Crippen molar-refractivity contribution in [1.82, 2.24) is 0 Å². The zero-order valence-electron chi connectivity index (χ0n) is 21.2. The maximum absolute atomic E-state index is 8.89. The predicted octanol–water partition coefficient (Wildman–Crippen LogP) is 7.37. The minimum atomic E-state index is -1.68. The van der Waals surface area contributed by atoms with Crippen LogP contribution in [0.5, 0.6) is 0 Å². The van der Waals surface area contributed by atoms with Gasteiger partial charge >= 0.3 is 7.32 Å². The van der Waals surface area contributed by atoms with E-state index in [0.717, 1.165) is 32.1 Å². The van der Waals surface area contributed by atoms with E-state index in [4.69, 9.17) is 14.7 Å². The number of rotatable bonds is 13. The van der Waals surface area contributed by atoms with Gasteiger partial charge in [0.05, 0.1) is 0 Å². The van der Waals surface area contributed by atoms with Crippen molar-refractivity contribution in [3.05, 3.63) is 144 Å². The highest BCUT2D eigenvalue weighted by Crippen LogP contribution is 2.43. The first kappa shape index (κ1) is 26.6. The van der Waals surface area contributed by atoms with Gasteiger partial charge in [-0.05, 0) is 46.2 Å². The first-order valence-electron chi connectivity index (χ1n) is 13.2. The van der Waals surface area contributed by atoms with Crippen molar-refractivity contribution in [2.75, 3.05) is 6.61 Å². The summed E-state index contributed by atoms with van der Waals surface area (Å²) in [5.41, 5.74) is 7.60. The van der Waals surface area contributed by atoms with Crippen LogP contribution in [0.2, 0.25) is 0 Å². The van der Waals surface area contributed by atoms with E-state index in [1.165, 1.54) is 33.4 Å². The molecule has 4 aromatic carbocycles. The largest absolute Gasteiger partial charge is 0.633 e. The molecule has 0 bridgehead atoms. The zero-order valence-corrected chi connectivity index (χ0v) is 21.2. The molecule has 0 radical (unpaired) electrons. The Morgan fingerprint density at radius 3 is 1.54 bits per heavy atom. The van der Waals surface area contributed by atoms with Crippen LogP contribution < -0.4 is 0 Å². The van der Waals surface area contributed by atoms with Gasteiger partial charge in [0.25, 0.3) is 0 Å². The molecular formula is C33H35BO3. The van der Waals surface area contributed by atoms with Crippen LogP contribution >= 0.6 is 0 Å². The first-order valence-corrected chi connectivity index (χ1v) is 13.2. The second-order valence-corrected chi connectivity index (χ2v) is 9.25. The Balaban J connectivity index is 1.77. The Kier molecular flexibility index (Phi) is 10.3. The lowest BCUT2D eigenvalue weighted by Crippen LogP contribution is -2.17. The fourth-order valence-corrected chi connectivity index (χ4v) is 4.98. The van der Waals surface area contributed by atoms with E-state index in [-0.39, 0.29) is 5.92 Å². The van der Waals surface area contributed by atoms with Gasteiger partial charge in [0.15, 0.2) is 0 Å². The maximum atomic E-state index is 8.89. The molecule has 1 atom stereocenters. The minimum Gasteiger partial charge on any atom is -0.402 e. The summed E-state index contributed by atoms with van der Waals surface area (Å²) in [7, 11) is -1.68. The van der Waals surface area contributed by atoms with E-state index in [9.17, 15) is 0 Å². The monoisotopic (exact) mass is 490 g/mol. The van der Waals surface area contributed by atoms with Crippen LogP contribution in [0.15, 0.2) is 121 Å². The molecule has 188 valence electrons. The van der Waals surface area contributed by atoms with Gasteiger partial charge in [-0.3, -0.25) is 0 Å². The van der Waals surface area contributed by atoms with Crippen LogP contribution in [0.4, 0.5) is 0 Å².